The van der Waals surface area contributed by atoms with Crippen LogP contribution in [0.5, 0.6) is 5.75 Å². The highest BCUT2D eigenvalue weighted by Gasteiger charge is 1.99. The predicted octanol–water partition coefficient (Wildman–Crippen LogP) is 2.70. The Morgan fingerprint density at radius 1 is 1.38 bits per heavy atom. The summed E-state index contributed by atoms with van der Waals surface area (Å²) < 4.78 is 5.07. The van der Waals surface area contributed by atoms with Crippen LogP contribution in [-0.4, -0.2) is 24.6 Å². The summed E-state index contributed by atoms with van der Waals surface area (Å²) in [5.74, 6) is 1.67. The van der Waals surface area contributed by atoms with E-state index in [1.165, 1.54) is 17.3 Å². The van der Waals surface area contributed by atoms with Crippen molar-refractivity contribution >= 4 is 17.0 Å². The molecule has 1 N–H and O–H groups in total. The van der Waals surface area contributed by atoms with Crippen LogP contribution in [0.1, 0.15) is 12.5 Å². The molecule has 0 atom stereocenters. The standard InChI is InChI=1S/C12H17NO2S/c1-3-16-12(14)13-9-8-10-4-6-11(15-2)7-5-10/h4-7H,3,8-9H2,1-2H3,(H,13,14). The monoisotopic (exact) mass is 239 g/mol. The van der Waals surface area contributed by atoms with Crippen molar-refractivity contribution < 1.29 is 9.53 Å². The van der Waals surface area contributed by atoms with Crippen molar-refractivity contribution in [1.82, 2.24) is 5.32 Å². The first-order chi connectivity index (χ1) is 7.76. The molecule has 1 aromatic carbocycles. The Labute approximate surface area is 101 Å². The largest absolute Gasteiger partial charge is 0.497 e. The third-order valence-electron chi connectivity index (χ3n) is 2.12. The molecule has 0 saturated carbocycles. The summed E-state index contributed by atoms with van der Waals surface area (Å²) in [6.45, 7) is 2.64. The number of benzene rings is 1. The number of ether oxygens (including phenoxy) is 1. The van der Waals surface area contributed by atoms with Crippen LogP contribution in [0.2, 0.25) is 0 Å². The number of carbonyl (C=O) groups is 1. The molecular formula is C12H17NO2S. The fourth-order valence-corrected chi connectivity index (χ4v) is 1.75. The van der Waals surface area contributed by atoms with Crippen LogP contribution in [0.15, 0.2) is 24.3 Å². The molecule has 0 heterocycles. The minimum atomic E-state index is 0.0519. The van der Waals surface area contributed by atoms with E-state index in [4.69, 9.17) is 4.74 Å². The van der Waals surface area contributed by atoms with E-state index in [0.29, 0.717) is 6.54 Å². The first-order valence-electron chi connectivity index (χ1n) is 5.29. The van der Waals surface area contributed by atoms with Crippen molar-refractivity contribution in [3.05, 3.63) is 29.8 Å². The van der Waals surface area contributed by atoms with E-state index in [2.05, 4.69) is 5.32 Å². The Bertz CT molecular complexity index is 324. The lowest BCUT2D eigenvalue weighted by Gasteiger charge is -2.05. The Balaban J connectivity index is 2.29. The van der Waals surface area contributed by atoms with Crippen LogP contribution in [-0.2, 0) is 6.42 Å². The van der Waals surface area contributed by atoms with Gasteiger partial charge in [-0.15, -0.1) is 0 Å². The molecule has 4 heteroatoms. The molecule has 0 aliphatic rings. The van der Waals surface area contributed by atoms with Crippen LogP contribution in [0.25, 0.3) is 0 Å². The van der Waals surface area contributed by atoms with Gasteiger partial charge in [0.2, 0.25) is 0 Å². The highest BCUT2D eigenvalue weighted by Crippen LogP contribution is 2.11. The Morgan fingerprint density at radius 3 is 2.62 bits per heavy atom. The molecule has 0 bridgehead atoms. The molecule has 0 aromatic heterocycles. The zero-order valence-electron chi connectivity index (χ0n) is 9.66. The molecule has 0 aliphatic heterocycles. The number of carbonyl (C=O) groups excluding carboxylic acids is 1. The summed E-state index contributed by atoms with van der Waals surface area (Å²) in [6.07, 6.45) is 0.847. The van der Waals surface area contributed by atoms with Gasteiger partial charge >= 0.3 is 0 Å². The second-order valence-corrected chi connectivity index (χ2v) is 4.48. The first kappa shape index (κ1) is 12.9. The second kappa shape index (κ2) is 7.17. The third-order valence-corrected chi connectivity index (χ3v) is 2.81. The number of methoxy groups -OCH3 is 1. The van der Waals surface area contributed by atoms with Crippen LogP contribution >= 0.6 is 11.8 Å². The highest BCUT2D eigenvalue weighted by molar-refractivity contribution is 8.13. The molecule has 0 aliphatic carbocycles. The first-order valence-corrected chi connectivity index (χ1v) is 6.28. The van der Waals surface area contributed by atoms with E-state index in [9.17, 15) is 4.79 Å². The summed E-state index contributed by atoms with van der Waals surface area (Å²) in [6, 6.07) is 7.88. The molecule has 1 amide bonds. The number of thioether (sulfide) groups is 1. The molecule has 16 heavy (non-hydrogen) atoms. The van der Waals surface area contributed by atoms with E-state index in [-0.39, 0.29) is 5.24 Å². The topological polar surface area (TPSA) is 38.3 Å². The van der Waals surface area contributed by atoms with Crippen LogP contribution in [0.4, 0.5) is 4.79 Å². The molecule has 3 nitrogen and oxygen atoms in total. The third kappa shape index (κ3) is 4.57. The van der Waals surface area contributed by atoms with Gasteiger partial charge in [-0.05, 0) is 29.9 Å². The van der Waals surface area contributed by atoms with E-state index < -0.39 is 0 Å². The molecule has 0 fully saturated rings. The van der Waals surface area contributed by atoms with Gasteiger partial charge in [0.15, 0.2) is 0 Å². The van der Waals surface area contributed by atoms with Crippen molar-refractivity contribution in [1.29, 1.82) is 0 Å². The van der Waals surface area contributed by atoms with Gasteiger partial charge in [-0.3, -0.25) is 4.79 Å². The summed E-state index contributed by atoms with van der Waals surface area (Å²) >= 11 is 1.30. The van der Waals surface area contributed by atoms with Gasteiger partial charge in [-0.1, -0.05) is 30.8 Å². The van der Waals surface area contributed by atoms with E-state index in [1.807, 2.05) is 31.2 Å². The second-order valence-electron chi connectivity index (χ2n) is 3.25. The quantitative estimate of drug-likeness (QED) is 0.858. The lowest BCUT2D eigenvalue weighted by Crippen LogP contribution is -2.21. The molecule has 0 saturated heterocycles. The molecule has 0 radical (unpaired) electrons. The zero-order valence-corrected chi connectivity index (χ0v) is 10.5. The van der Waals surface area contributed by atoms with Gasteiger partial charge in [0.25, 0.3) is 5.24 Å². The van der Waals surface area contributed by atoms with E-state index in [1.54, 1.807) is 7.11 Å². The van der Waals surface area contributed by atoms with Gasteiger partial charge in [-0.2, -0.15) is 0 Å². The SMILES string of the molecule is CCSC(=O)NCCc1ccc(OC)cc1. The molecular weight excluding hydrogens is 222 g/mol. The fraction of sp³-hybridized carbons (Fsp3) is 0.417. The molecule has 0 spiro atoms. The van der Waals surface area contributed by atoms with Gasteiger partial charge < -0.3 is 10.1 Å². The van der Waals surface area contributed by atoms with Crippen molar-refractivity contribution in [3.63, 3.8) is 0 Å². The number of hydrogen-bond donors (Lipinski definition) is 1. The van der Waals surface area contributed by atoms with E-state index in [0.717, 1.165) is 17.9 Å². The number of rotatable bonds is 5. The Hall–Kier alpha value is -1.16. The zero-order chi connectivity index (χ0) is 11.8. The van der Waals surface area contributed by atoms with Crippen molar-refractivity contribution in [2.45, 2.75) is 13.3 Å². The lowest BCUT2D eigenvalue weighted by molar-refractivity contribution is 0.261. The van der Waals surface area contributed by atoms with Crippen molar-refractivity contribution in [2.24, 2.45) is 0 Å². The van der Waals surface area contributed by atoms with Gasteiger partial charge in [0, 0.05) is 6.54 Å². The average Bonchev–Trinajstić information content (AvgIpc) is 2.30. The summed E-state index contributed by atoms with van der Waals surface area (Å²) in [5, 5.41) is 2.91. The van der Waals surface area contributed by atoms with Crippen LogP contribution < -0.4 is 10.1 Å². The van der Waals surface area contributed by atoms with Crippen molar-refractivity contribution in [3.8, 4) is 5.75 Å². The minimum Gasteiger partial charge on any atom is -0.497 e. The molecule has 1 rings (SSSR count). The Morgan fingerprint density at radius 2 is 2.06 bits per heavy atom. The van der Waals surface area contributed by atoms with Gasteiger partial charge in [0.1, 0.15) is 5.75 Å². The normalized spacial score (nSPS) is 9.88. The summed E-state index contributed by atoms with van der Waals surface area (Å²) in [7, 11) is 1.65. The molecule has 0 unspecified atom stereocenters. The maximum absolute atomic E-state index is 11.2. The maximum Gasteiger partial charge on any atom is 0.279 e. The summed E-state index contributed by atoms with van der Waals surface area (Å²) in [5.41, 5.74) is 1.20. The smallest absolute Gasteiger partial charge is 0.279 e. The average molecular weight is 239 g/mol. The molecule has 88 valence electrons. The van der Waals surface area contributed by atoms with Gasteiger partial charge in [0.05, 0.1) is 7.11 Å². The number of hydrogen-bond acceptors (Lipinski definition) is 3. The predicted molar refractivity (Wildman–Crippen MR) is 68.2 cm³/mol. The van der Waals surface area contributed by atoms with Crippen LogP contribution in [0.3, 0.4) is 0 Å². The summed E-state index contributed by atoms with van der Waals surface area (Å²) in [4.78, 5) is 11.2. The van der Waals surface area contributed by atoms with E-state index >= 15 is 0 Å². The minimum absolute atomic E-state index is 0.0519. The van der Waals surface area contributed by atoms with Crippen LogP contribution in [0, 0.1) is 0 Å². The van der Waals surface area contributed by atoms with Crippen molar-refractivity contribution in [2.75, 3.05) is 19.4 Å². The fourth-order valence-electron chi connectivity index (χ4n) is 1.28. The maximum atomic E-state index is 11.2. The number of amides is 1. The molecule has 1 aromatic rings. The Kier molecular flexibility index (Phi) is 5.78. The number of nitrogens with one attached hydrogen (secondary N) is 1. The van der Waals surface area contributed by atoms with Gasteiger partial charge in [-0.25, -0.2) is 0 Å². The lowest BCUT2D eigenvalue weighted by atomic mass is 10.1. The highest BCUT2D eigenvalue weighted by atomic mass is 32.2.